The highest BCUT2D eigenvalue weighted by molar-refractivity contribution is 7.13. The Hall–Kier alpha value is -2.87. The van der Waals surface area contributed by atoms with Crippen molar-refractivity contribution in [3.63, 3.8) is 0 Å². The van der Waals surface area contributed by atoms with Crippen molar-refractivity contribution >= 4 is 22.4 Å². The Balaban J connectivity index is 1.58. The molecular formula is C19H25N7S. The normalized spacial score (nSPS) is 11.5. The van der Waals surface area contributed by atoms with E-state index in [1.54, 1.807) is 18.4 Å². The standard InChI is InChI=1S/C19H25N7S/c1-20-18(21-11-16-14-27-19(23-16)24(2)3)25(4)12-15-10-22-26(13-15)17-8-6-5-7-9-17/h5-10,13-14H,11-12H2,1-4H3,(H,20,21). The van der Waals surface area contributed by atoms with Gasteiger partial charge in [-0.25, -0.2) is 9.67 Å². The Morgan fingerprint density at radius 3 is 2.67 bits per heavy atom. The third-order valence-corrected chi connectivity index (χ3v) is 5.06. The number of hydrogen-bond donors (Lipinski definition) is 1. The maximum atomic E-state index is 4.59. The van der Waals surface area contributed by atoms with Crippen LogP contribution in [0.1, 0.15) is 11.3 Å². The quantitative estimate of drug-likeness (QED) is 0.524. The smallest absolute Gasteiger partial charge is 0.194 e. The third kappa shape index (κ3) is 4.85. The summed E-state index contributed by atoms with van der Waals surface area (Å²) in [6, 6.07) is 10.1. The number of hydrogen-bond acceptors (Lipinski definition) is 5. The lowest BCUT2D eigenvalue weighted by atomic mass is 10.3. The Labute approximate surface area is 164 Å². The number of benzene rings is 1. The van der Waals surface area contributed by atoms with E-state index < -0.39 is 0 Å². The number of aromatic nitrogens is 3. The molecule has 0 saturated heterocycles. The molecule has 3 aromatic rings. The average molecular weight is 384 g/mol. The first-order valence-corrected chi connectivity index (χ1v) is 9.57. The number of rotatable bonds is 6. The summed E-state index contributed by atoms with van der Waals surface area (Å²) in [7, 11) is 7.80. The van der Waals surface area contributed by atoms with Crippen LogP contribution in [0.3, 0.4) is 0 Å². The topological polar surface area (TPSA) is 61.6 Å². The number of anilines is 1. The van der Waals surface area contributed by atoms with Crippen molar-refractivity contribution in [1.29, 1.82) is 0 Å². The first-order chi connectivity index (χ1) is 13.1. The number of para-hydroxylation sites is 1. The molecule has 27 heavy (non-hydrogen) atoms. The first-order valence-electron chi connectivity index (χ1n) is 8.69. The van der Waals surface area contributed by atoms with Gasteiger partial charge >= 0.3 is 0 Å². The average Bonchev–Trinajstić information content (AvgIpc) is 3.33. The number of nitrogens with one attached hydrogen (secondary N) is 1. The fraction of sp³-hybridized carbons (Fsp3) is 0.316. The SMILES string of the molecule is CN=C(NCc1csc(N(C)C)n1)N(C)Cc1cnn(-c2ccccc2)c1. The summed E-state index contributed by atoms with van der Waals surface area (Å²) in [4.78, 5) is 13.1. The number of thiazole rings is 1. The van der Waals surface area contributed by atoms with Gasteiger partial charge in [0.1, 0.15) is 0 Å². The molecule has 0 bridgehead atoms. The Morgan fingerprint density at radius 2 is 2.00 bits per heavy atom. The highest BCUT2D eigenvalue weighted by Gasteiger charge is 2.10. The highest BCUT2D eigenvalue weighted by Crippen LogP contribution is 2.17. The van der Waals surface area contributed by atoms with E-state index in [1.807, 2.05) is 73.5 Å². The Bertz CT molecular complexity index is 882. The summed E-state index contributed by atoms with van der Waals surface area (Å²) in [6.07, 6.45) is 3.93. The van der Waals surface area contributed by atoms with Crippen molar-refractivity contribution in [1.82, 2.24) is 25.0 Å². The molecule has 3 rings (SSSR count). The van der Waals surface area contributed by atoms with Gasteiger partial charge in [0.05, 0.1) is 24.1 Å². The molecule has 7 nitrogen and oxygen atoms in total. The fourth-order valence-electron chi connectivity index (χ4n) is 2.65. The minimum atomic E-state index is 0.643. The molecule has 0 radical (unpaired) electrons. The van der Waals surface area contributed by atoms with Crippen LogP contribution in [-0.4, -0.2) is 53.8 Å². The van der Waals surface area contributed by atoms with Gasteiger partial charge in [-0.1, -0.05) is 18.2 Å². The third-order valence-electron chi connectivity index (χ3n) is 4.00. The Kier molecular flexibility index (Phi) is 6.08. The van der Waals surface area contributed by atoms with Crippen LogP contribution < -0.4 is 10.2 Å². The molecule has 0 aliphatic rings. The van der Waals surface area contributed by atoms with Gasteiger partial charge in [-0.3, -0.25) is 4.99 Å². The molecule has 0 spiro atoms. The summed E-state index contributed by atoms with van der Waals surface area (Å²) >= 11 is 1.64. The van der Waals surface area contributed by atoms with Crippen LogP contribution >= 0.6 is 11.3 Å². The summed E-state index contributed by atoms with van der Waals surface area (Å²) in [5.41, 5.74) is 3.18. The molecule has 2 aromatic heterocycles. The molecular weight excluding hydrogens is 358 g/mol. The van der Waals surface area contributed by atoms with Gasteiger partial charge in [-0.2, -0.15) is 5.10 Å². The second-order valence-corrected chi connectivity index (χ2v) is 7.24. The van der Waals surface area contributed by atoms with E-state index in [0.717, 1.165) is 28.0 Å². The van der Waals surface area contributed by atoms with Gasteiger partial charge in [-0.05, 0) is 12.1 Å². The molecule has 1 N–H and O–H groups in total. The number of aliphatic imine (C=N–C) groups is 1. The van der Waals surface area contributed by atoms with Gasteiger partial charge in [0.2, 0.25) is 0 Å². The van der Waals surface area contributed by atoms with Crippen LogP contribution in [0, 0.1) is 0 Å². The van der Waals surface area contributed by atoms with Gasteiger partial charge in [0.15, 0.2) is 11.1 Å². The summed E-state index contributed by atoms with van der Waals surface area (Å²) in [5, 5.41) is 10.9. The van der Waals surface area contributed by atoms with Crippen molar-refractivity contribution in [2.45, 2.75) is 13.1 Å². The lowest BCUT2D eigenvalue weighted by Crippen LogP contribution is -2.38. The van der Waals surface area contributed by atoms with Gasteiger partial charge < -0.3 is 15.1 Å². The van der Waals surface area contributed by atoms with Crippen molar-refractivity contribution in [2.24, 2.45) is 4.99 Å². The fourth-order valence-corrected chi connectivity index (χ4v) is 3.41. The minimum Gasteiger partial charge on any atom is -0.354 e. The molecule has 142 valence electrons. The van der Waals surface area contributed by atoms with E-state index in [2.05, 4.69) is 30.7 Å². The van der Waals surface area contributed by atoms with Crippen LogP contribution in [0.4, 0.5) is 5.13 Å². The zero-order chi connectivity index (χ0) is 19.2. The molecule has 1 aromatic carbocycles. The van der Waals surface area contributed by atoms with Crippen molar-refractivity contribution < 1.29 is 0 Å². The second kappa shape index (κ2) is 8.68. The predicted molar refractivity (Wildman–Crippen MR) is 112 cm³/mol. The lowest BCUT2D eigenvalue weighted by molar-refractivity contribution is 0.476. The van der Waals surface area contributed by atoms with Crippen LogP contribution in [0.15, 0.2) is 53.1 Å². The molecule has 2 heterocycles. The minimum absolute atomic E-state index is 0.643. The van der Waals surface area contributed by atoms with E-state index in [0.29, 0.717) is 13.1 Å². The molecule has 0 unspecified atom stereocenters. The van der Waals surface area contributed by atoms with Crippen molar-refractivity contribution in [3.05, 3.63) is 59.4 Å². The molecule has 0 aliphatic carbocycles. The zero-order valence-corrected chi connectivity index (χ0v) is 16.9. The van der Waals surface area contributed by atoms with E-state index in [1.165, 1.54) is 0 Å². The summed E-state index contributed by atoms with van der Waals surface area (Å²) in [6.45, 7) is 1.36. The molecule has 0 saturated carbocycles. The number of guanidine groups is 1. The molecule has 0 atom stereocenters. The Morgan fingerprint density at radius 1 is 1.22 bits per heavy atom. The van der Waals surface area contributed by atoms with Crippen LogP contribution in [0.5, 0.6) is 0 Å². The largest absolute Gasteiger partial charge is 0.354 e. The maximum Gasteiger partial charge on any atom is 0.194 e. The molecule has 0 amide bonds. The highest BCUT2D eigenvalue weighted by atomic mass is 32.1. The van der Waals surface area contributed by atoms with Gasteiger partial charge in [0, 0.05) is 51.9 Å². The first kappa shape index (κ1) is 18.9. The van der Waals surface area contributed by atoms with Crippen molar-refractivity contribution in [2.75, 3.05) is 33.1 Å². The maximum absolute atomic E-state index is 4.59. The zero-order valence-electron chi connectivity index (χ0n) is 16.1. The van der Waals surface area contributed by atoms with E-state index in [-0.39, 0.29) is 0 Å². The van der Waals surface area contributed by atoms with Gasteiger partial charge in [0.25, 0.3) is 0 Å². The van der Waals surface area contributed by atoms with Crippen LogP contribution in [0.25, 0.3) is 5.69 Å². The van der Waals surface area contributed by atoms with Crippen molar-refractivity contribution in [3.8, 4) is 5.69 Å². The predicted octanol–water partition coefficient (Wildman–Crippen LogP) is 2.60. The molecule has 0 aliphatic heterocycles. The molecule has 0 fully saturated rings. The second-order valence-electron chi connectivity index (χ2n) is 6.40. The van der Waals surface area contributed by atoms with E-state index in [4.69, 9.17) is 0 Å². The molecule has 8 heteroatoms. The number of nitrogens with zero attached hydrogens (tertiary/aromatic N) is 6. The monoisotopic (exact) mass is 383 g/mol. The van der Waals surface area contributed by atoms with Gasteiger partial charge in [-0.15, -0.1) is 11.3 Å². The van der Waals surface area contributed by atoms with E-state index >= 15 is 0 Å². The lowest BCUT2D eigenvalue weighted by Gasteiger charge is -2.21. The van der Waals surface area contributed by atoms with Crippen LogP contribution in [-0.2, 0) is 13.1 Å². The summed E-state index contributed by atoms with van der Waals surface area (Å²) in [5.74, 6) is 0.821. The van der Waals surface area contributed by atoms with E-state index in [9.17, 15) is 0 Å². The van der Waals surface area contributed by atoms with Crippen LogP contribution in [0.2, 0.25) is 0 Å². The summed E-state index contributed by atoms with van der Waals surface area (Å²) < 4.78 is 1.89.